The van der Waals surface area contributed by atoms with Crippen LogP contribution in [0.2, 0.25) is 5.02 Å². The van der Waals surface area contributed by atoms with Gasteiger partial charge < -0.3 is 14.2 Å². The molecule has 2 heterocycles. The number of aromatic nitrogens is 1. The molecule has 1 saturated heterocycles. The van der Waals surface area contributed by atoms with E-state index in [1.165, 1.54) is 6.07 Å². The summed E-state index contributed by atoms with van der Waals surface area (Å²) < 4.78 is 7.35. The molecule has 24 heavy (non-hydrogen) atoms. The SMILES string of the molecule is Cc1cc(OC2CN(C(=O)Cc3ccccc3Cl)C2)cc(=O)n1C. The lowest BCUT2D eigenvalue weighted by atomic mass is 10.1. The highest BCUT2D eigenvalue weighted by Crippen LogP contribution is 2.21. The van der Waals surface area contributed by atoms with Crippen molar-refractivity contribution in [2.75, 3.05) is 13.1 Å². The Morgan fingerprint density at radius 2 is 2.00 bits per heavy atom. The summed E-state index contributed by atoms with van der Waals surface area (Å²) in [6, 6.07) is 10.7. The van der Waals surface area contributed by atoms with Gasteiger partial charge in [0.15, 0.2) is 0 Å². The fourth-order valence-corrected chi connectivity index (χ4v) is 2.83. The normalized spacial score (nSPS) is 14.4. The lowest BCUT2D eigenvalue weighted by Gasteiger charge is -2.39. The predicted octanol–water partition coefficient (Wildman–Crippen LogP) is 2.18. The van der Waals surface area contributed by atoms with Crippen LogP contribution in [0, 0.1) is 6.92 Å². The van der Waals surface area contributed by atoms with Crippen LogP contribution in [0.1, 0.15) is 11.3 Å². The minimum Gasteiger partial charge on any atom is -0.486 e. The van der Waals surface area contributed by atoms with Crippen LogP contribution >= 0.6 is 11.6 Å². The van der Waals surface area contributed by atoms with Gasteiger partial charge in [0.25, 0.3) is 5.56 Å². The molecule has 0 atom stereocenters. The Morgan fingerprint density at radius 3 is 2.67 bits per heavy atom. The maximum Gasteiger partial charge on any atom is 0.254 e. The molecule has 0 N–H and O–H groups in total. The summed E-state index contributed by atoms with van der Waals surface area (Å²) in [6.45, 7) is 2.91. The molecule has 1 fully saturated rings. The van der Waals surface area contributed by atoms with Crippen molar-refractivity contribution < 1.29 is 9.53 Å². The zero-order valence-electron chi connectivity index (χ0n) is 13.7. The van der Waals surface area contributed by atoms with E-state index < -0.39 is 0 Å². The lowest BCUT2D eigenvalue weighted by Crippen LogP contribution is -2.56. The number of rotatable bonds is 4. The number of benzene rings is 1. The first kappa shape index (κ1) is 16.6. The van der Waals surface area contributed by atoms with E-state index in [0.717, 1.165) is 11.3 Å². The molecule has 0 aliphatic carbocycles. The molecule has 1 aliphatic heterocycles. The number of hydrogen-bond donors (Lipinski definition) is 0. The summed E-state index contributed by atoms with van der Waals surface area (Å²) in [7, 11) is 1.72. The second kappa shape index (κ2) is 6.69. The van der Waals surface area contributed by atoms with Gasteiger partial charge in [0.2, 0.25) is 5.91 Å². The van der Waals surface area contributed by atoms with Gasteiger partial charge in [-0.2, -0.15) is 0 Å². The number of halogens is 1. The third-order valence-electron chi connectivity index (χ3n) is 4.28. The largest absolute Gasteiger partial charge is 0.486 e. The lowest BCUT2D eigenvalue weighted by molar-refractivity contribution is -0.139. The summed E-state index contributed by atoms with van der Waals surface area (Å²) in [4.78, 5) is 25.8. The highest BCUT2D eigenvalue weighted by atomic mass is 35.5. The first-order valence-corrected chi connectivity index (χ1v) is 8.17. The van der Waals surface area contributed by atoms with Crippen LogP contribution in [0.5, 0.6) is 5.75 Å². The molecule has 2 aromatic rings. The monoisotopic (exact) mass is 346 g/mol. The zero-order chi connectivity index (χ0) is 17.3. The average molecular weight is 347 g/mol. The van der Waals surface area contributed by atoms with Gasteiger partial charge in [-0.05, 0) is 24.6 Å². The average Bonchev–Trinajstić information content (AvgIpc) is 2.50. The van der Waals surface area contributed by atoms with Crippen LogP contribution in [-0.4, -0.2) is 34.6 Å². The molecule has 1 aromatic heterocycles. The van der Waals surface area contributed by atoms with E-state index >= 15 is 0 Å². The van der Waals surface area contributed by atoms with E-state index in [0.29, 0.717) is 23.9 Å². The van der Waals surface area contributed by atoms with Crippen LogP contribution in [0.3, 0.4) is 0 Å². The highest BCUT2D eigenvalue weighted by molar-refractivity contribution is 6.31. The molecule has 0 unspecified atom stereocenters. The number of carbonyl (C=O) groups is 1. The van der Waals surface area contributed by atoms with Crippen molar-refractivity contribution in [2.45, 2.75) is 19.4 Å². The van der Waals surface area contributed by atoms with Crippen molar-refractivity contribution in [3.05, 3.63) is 63.0 Å². The van der Waals surface area contributed by atoms with E-state index in [4.69, 9.17) is 16.3 Å². The number of aryl methyl sites for hydroxylation is 1. The predicted molar refractivity (Wildman–Crippen MR) is 92.6 cm³/mol. The third kappa shape index (κ3) is 3.46. The molecule has 1 amide bonds. The van der Waals surface area contributed by atoms with E-state index in [2.05, 4.69) is 0 Å². The van der Waals surface area contributed by atoms with Crippen molar-refractivity contribution in [3.63, 3.8) is 0 Å². The molecule has 6 heteroatoms. The van der Waals surface area contributed by atoms with Gasteiger partial charge in [-0.1, -0.05) is 29.8 Å². The summed E-state index contributed by atoms with van der Waals surface area (Å²) in [5, 5.41) is 0.606. The van der Waals surface area contributed by atoms with Gasteiger partial charge in [-0.25, -0.2) is 0 Å². The van der Waals surface area contributed by atoms with Crippen LogP contribution < -0.4 is 10.3 Å². The molecule has 0 radical (unpaired) electrons. The first-order chi connectivity index (χ1) is 11.4. The van der Waals surface area contributed by atoms with Crippen LogP contribution in [0.15, 0.2) is 41.2 Å². The number of ether oxygens (including phenoxy) is 1. The summed E-state index contributed by atoms with van der Waals surface area (Å²) in [5.41, 5.74) is 1.56. The van der Waals surface area contributed by atoms with Gasteiger partial charge >= 0.3 is 0 Å². The second-order valence-corrected chi connectivity index (χ2v) is 6.44. The van der Waals surface area contributed by atoms with E-state index in [-0.39, 0.29) is 24.0 Å². The number of nitrogens with zero attached hydrogens (tertiary/aromatic N) is 2. The Balaban J connectivity index is 1.55. The van der Waals surface area contributed by atoms with Gasteiger partial charge in [-0.3, -0.25) is 9.59 Å². The smallest absolute Gasteiger partial charge is 0.254 e. The molecule has 1 aliphatic rings. The van der Waals surface area contributed by atoms with Gasteiger partial charge in [0, 0.05) is 23.8 Å². The number of carbonyl (C=O) groups excluding carboxylic acids is 1. The van der Waals surface area contributed by atoms with Crippen molar-refractivity contribution >= 4 is 17.5 Å². The number of hydrogen-bond acceptors (Lipinski definition) is 3. The van der Waals surface area contributed by atoms with E-state index in [1.54, 1.807) is 22.6 Å². The first-order valence-electron chi connectivity index (χ1n) is 7.79. The molecule has 3 rings (SSSR count). The third-order valence-corrected chi connectivity index (χ3v) is 4.65. The minimum atomic E-state index is -0.101. The van der Waals surface area contributed by atoms with Gasteiger partial charge in [0.05, 0.1) is 19.5 Å². The van der Waals surface area contributed by atoms with Crippen LogP contribution in [-0.2, 0) is 18.3 Å². The fourth-order valence-electron chi connectivity index (χ4n) is 2.63. The zero-order valence-corrected chi connectivity index (χ0v) is 14.4. The van der Waals surface area contributed by atoms with Crippen LogP contribution in [0.4, 0.5) is 0 Å². The standard InChI is InChI=1S/C18H19ClN2O3/c1-12-7-14(9-17(22)20(12)2)24-15-10-21(11-15)18(23)8-13-5-3-4-6-16(13)19/h3-7,9,15H,8,10-11H2,1-2H3. The number of amides is 1. The number of likely N-dealkylation sites (tertiary alicyclic amines) is 1. The molecule has 1 aromatic carbocycles. The minimum absolute atomic E-state index is 0.0307. The van der Waals surface area contributed by atoms with E-state index in [9.17, 15) is 9.59 Å². The molecular formula is C18H19ClN2O3. The molecule has 0 saturated carbocycles. The van der Waals surface area contributed by atoms with Gasteiger partial charge in [0.1, 0.15) is 11.9 Å². The highest BCUT2D eigenvalue weighted by Gasteiger charge is 2.32. The van der Waals surface area contributed by atoms with Crippen molar-refractivity contribution in [1.29, 1.82) is 0 Å². The molecule has 0 bridgehead atoms. The van der Waals surface area contributed by atoms with Crippen molar-refractivity contribution in [1.82, 2.24) is 9.47 Å². The maximum atomic E-state index is 12.3. The fraction of sp³-hybridized carbons (Fsp3) is 0.333. The Kier molecular flexibility index (Phi) is 4.62. The molecular weight excluding hydrogens is 328 g/mol. The maximum absolute atomic E-state index is 12.3. The van der Waals surface area contributed by atoms with Crippen molar-refractivity contribution in [2.24, 2.45) is 7.05 Å². The van der Waals surface area contributed by atoms with Gasteiger partial charge in [-0.15, -0.1) is 0 Å². The Morgan fingerprint density at radius 1 is 1.29 bits per heavy atom. The quantitative estimate of drug-likeness (QED) is 0.852. The second-order valence-electron chi connectivity index (χ2n) is 6.04. The molecule has 5 nitrogen and oxygen atoms in total. The Bertz CT molecular complexity index is 825. The topological polar surface area (TPSA) is 51.5 Å². The van der Waals surface area contributed by atoms with Crippen molar-refractivity contribution in [3.8, 4) is 5.75 Å². The Hall–Kier alpha value is -2.27. The van der Waals surface area contributed by atoms with E-state index in [1.807, 2.05) is 31.2 Å². The molecule has 126 valence electrons. The summed E-state index contributed by atoms with van der Waals surface area (Å²) >= 11 is 6.09. The molecule has 0 spiro atoms. The number of pyridine rings is 1. The summed E-state index contributed by atoms with van der Waals surface area (Å²) in [6.07, 6.45) is 0.212. The Labute approximate surface area is 145 Å². The van der Waals surface area contributed by atoms with Crippen LogP contribution in [0.25, 0.3) is 0 Å². The summed E-state index contributed by atoms with van der Waals surface area (Å²) in [5.74, 6) is 0.585.